The van der Waals surface area contributed by atoms with Crippen LogP contribution < -0.4 is 20.3 Å². The third-order valence-corrected chi connectivity index (χ3v) is 4.20. The molecule has 0 heterocycles. The van der Waals surface area contributed by atoms with Crippen LogP contribution >= 0.6 is 0 Å². The van der Waals surface area contributed by atoms with Crippen molar-refractivity contribution < 1.29 is 32.2 Å². The zero-order valence-corrected chi connectivity index (χ0v) is 16.7. The highest BCUT2D eigenvalue weighted by Gasteiger charge is 2.30. The van der Waals surface area contributed by atoms with Gasteiger partial charge in [0, 0.05) is 5.56 Å². The molecule has 0 saturated heterocycles. The Kier molecular flexibility index (Phi) is 7.33. The van der Waals surface area contributed by atoms with E-state index in [2.05, 4.69) is 10.9 Å². The maximum Gasteiger partial charge on any atom is 0.416 e. The molecule has 0 spiro atoms. The predicted octanol–water partition coefficient (Wildman–Crippen LogP) is 3.98. The molecule has 3 rings (SSSR count). The normalized spacial score (nSPS) is 10.8. The first-order chi connectivity index (χ1) is 15.3. The summed E-state index contributed by atoms with van der Waals surface area (Å²) in [6.45, 7) is -0.947. The molecule has 0 fully saturated rings. The molecule has 0 aliphatic carbocycles. The number of halogens is 3. The number of hydrogen-bond donors (Lipinski definition) is 2. The minimum absolute atomic E-state index is 0.123. The number of nitrogens with one attached hydrogen (secondary N) is 2. The second-order valence-electron chi connectivity index (χ2n) is 6.56. The molecule has 3 aromatic carbocycles. The van der Waals surface area contributed by atoms with Gasteiger partial charge in [-0.15, -0.1) is 0 Å². The van der Waals surface area contributed by atoms with Crippen molar-refractivity contribution in [2.24, 2.45) is 0 Å². The lowest BCUT2D eigenvalue weighted by Gasteiger charge is -2.13. The summed E-state index contributed by atoms with van der Waals surface area (Å²) >= 11 is 0. The van der Waals surface area contributed by atoms with E-state index in [-0.39, 0.29) is 12.4 Å². The van der Waals surface area contributed by atoms with Gasteiger partial charge in [0.25, 0.3) is 11.8 Å². The van der Waals surface area contributed by atoms with Crippen molar-refractivity contribution in [3.05, 3.63) is 84.4 Å². The van der Waals surface area contributed by atoms with Crippen molar-refractivity contribution in [3.8, 4) is 22.6 Å². The molecular weight excluding hydrogens is 425 g/mol. The van der Waals surface area contributed by atoms with Crippen LogP contribution in [-0.4, -0.2) is 25.0 Å². The van der Waals surface area contributed by atoms with Crippen LogP contribution in [0.3, 0.4) is 0 Å². The molecule has 0 unspecified atom stereocenters. The Morgan fingerprint density at radius 3 is 2.06 bits per heavy atom. The van der Waals surface area contributed by atoms with Gasteiger partial charge in [-0.2, -0.15) is 13.2 Å². The number of carbonyl (C=O) groups is 2. The molecule has 32 heavy (non-hydrogen) atoms. The minimum atomic E-state index is -4.52. The molecule has 0 atom stereocenters. The topological polar surface area (TPSA) is 76.7 Å². The van der Waals surface area contributed by atoms with Crippen LogP contribution in [0.5, 0.6) is 11.5 Å². The third-order valence-electron chi connectivity index (χ3n) is 4.20. The van der Waals surface area contributed by atoms with Gasteiger partial charge in [-0.05, 0) is 29.8 Å². The summed E-state index contributed by atoms with van der Waals surface area (Å²) in [4.78, 5) is 23.8. The smallest absolute Gasteiger partial charge is 0.416 e. The molecule has 2 amide bonds. The van der Waals surface area contributed by atoms with Crippen molar-refractivity contribution in [2.75, 3.05) is 13.2 Å². The summed E-state index contributed by atoms with van der Waals surface area (Å²) in [5.41, 5.74) is 5.11. The number of benzene rings is 3. The highest BCUT2D eigenvalue weighted by molar-refractivity contribution is 5.83. The van der Waals surface area contributed by atoms with Crippen LogP contribution in [-0.2, 0) is 15.8 Å². The number of alkyl halides is 3. The van der Waals surface area contributed by atoms with E-state index in [1.54, 1.807) is 12.1 Å². The van der Waals surface area contributed by atoms with Crippen molar-refractivity contribution in [1.82, 2.24) is 10.9 Å². The van der Waals surface area contributed by atoms with Crippen LogP contribution in [0.4, 0.5) is 13.2 Å². The van der Waals surface area contributed by atoms with Gasteiger partial charge in [0.15, 0.2) is 13.2 Å². The molecule has 0 aliphatic rings. The Labute approximate surface area is 181 Å². The van der Waals surface area contributed by atoms with Crippen LogP contribution in [0.15, 0.2) is 78.9 Å². The van der Waals surface area contributed by atoms with Gasteiger partial charge in [0.2, 0.25) is 0 Å². The van der Waals surface area contributed by atoms with E-state index in [9.17, 15) is 22.8 Å². The van der Waals surface area contributed by atoms with Crippen LogP contribution in [0.25, 0.3) is 11.1 Å². The van der Waals surface area contributed by atoms with E-state index in [1.807, 2.05) is 42.5 Å². The monoisotopic (exact) mass is 444 g/mol. The second kappa shape index (κ2) is 10.3. The first-order valence-corrected chi connectivity index (χ1v) is 9.48. The first-order valence-electron chi connectivity index (χ1n) is 9.48. The molecule has 0 aromatic heterocycles. The zero-order valence-electron chi connectivity index (χ0n) is 16.7. The van der Waals surface area contributed by atoms with E-state index in [0.29, 0.717) is 5.75 Å². The largest absolute Gasteiger partial charge is 0.484 e. The molecule has 166 valence electrons. The lowest BCUT2D eigenvalue weighted by atomic mass is 10.1. The number of hydrazine groups is 1. The highest BCUT2D eigenvalue weighted by Crippen LogP contribution is 2.31. The SMILES string of the molecule is O=C(COc1cccc(C(F)(F)F)c1)NNC(=O)COc1ccccc1-c1ccccc1. The van der Waals surface area contributed by atoms with E-state index in [4.69, 9.17) is 9.47 Å². The molecule has 0 aliphatic heterocycles. The van der Waals surface area contributed by atoms with Crippen LogP contribution in [0.2, 0.25) is 0 Å². The number of para-hydroxylation sites is 1. The van der Waals surface area contributed by atoms with Crippen molar-refractivity contribution in [1.29, 1.82) is 0 Å². The van der Waals surface area contributed by atoms with Gasteiger partial charge in [-0.25, -0.2) is 0 Å². The summed E-state index contributed by atoms with van der Waals surface area (Å²) in [6, 6.07) is 20.8. The number of ether oxygens (including phenoxy) is 2. The Morgan fingerprint density at radius 2 is 1.38 bits per heavy atom. The number of rotatable bonds is 7. The number of hydrogen-bond acceptors (Lipinski definition) is 4. The van der Waals surface area contributed by atoms with Gasteiger partial charge in [0.1, 0.15) is 11.5 Å². The molecule has 2 N–H and O–H groups in total. The van der Waals surface area contributed by atoms with Gasteiger partial charge in [-0.3, -0.25) is 20.4 Å². The molecule has 0 bridgehead atoms. The Morgan fingerprint density at radius 1 is 0.750 bits per heavy atom. The zero-order chi connectivity index (χ0) is 23.0. The average molecular weight is 444 g/mol. The van der Waals surface area contributed by atoms with Crippen molar-refractivity contribution in [2.45, 2.75) is 6.18 Å². The maximum atomic E-state index is 12.7. The molecule has 0 saturated carbocycles. The van der Waals surface area contributed by atoms with E-state index in [0.717, 1.165) is 23.3 Å². The quantitative estimate of drug-likeness (QED) is 0.541. The predicted molar refractivity (Wildman–Crippen MR) is 111 cm³/mol. The molecular formula is C23H19F3N2O4. The van der Waals surface area contributed by atoms with Gasteiger partial charge < -0.3 is 9.47 Å². The molecule has 6 nitrogen and oxygen atoms in total. The fourth-order valence-corrected chi connectivity index (χ4v) is 2.71. The molecule has 0 radical (unpaired) electrons. The van der Waals surface area contributed by atoms with Crippen LogP contribution in [0.1, 0.15) is 5.56 Å². The van der Waals surface area contributed by atoms with Crippen LogP contribution in [0, 0.1) is 0 Å². The standard InChI is InChI=1S/C23H19F3N2O4/c24-23(25,26)17-9-6-10-18(13-17)31-14-21(29)27-28-22(30)15-32-20-12-5-4-11-19(20)16-7-2-1-3-8-16/h1-13H,14-15H2,(H,27,29)(H,28,30). The number of carbonyl (C=O) groups excluding carboxylic acids is 2. The lowest BCUT2D eigenvalue weighted by molar-refractivity contribution is -0.137. The molecule has 9 heteroatoms. The average Bonchev–Trinajstić information content (AvgIpc) is 2.80. The summed E-state index contributed by atoms with van der Waals surface area (Å²) in [7, 11) is 0. The molecule has 3 aromatic rings. The fourth-order valence-electron chi connectivity index (χ4n) is 2.71. The Bertz CT molecular complexity index is 1070. The summed E-state index contributed by atoms with van der Waals surface area (Å²) < 4.78 is 48.7. The Hall–Kier alpha value is -4.01. The van der Waals surface area contributed by atoms with Gasteiger partial charge in [0.05, 0.1) is 5.56 Å². The first kappa shape index (κ1) is 22.7. The summed E-state index contributed by atoms with van der Waals surface area (Å²) in [5, 5.41) is 0. The van der Waals surface area contributed by atoms with E-state index in [1.165, 1.54) is 12.1 Å². The van der Waals surface area contributed by atoms with Crippen molar-refractivity contribution >= 4 is 11.8 Å². The summed E-state index contributed by atoms with van der Waals surface area (Å²) in [5.74, 6) is -1.00. The van der Waals surface area contributed by atoms with E-state index >= 15 is 0 Å². The Balaban J connectivity index is 1.45. The third kappa shape index (κ3) is 6.49. The highest BCUT2D eigenvalue weighted by atomic mass is 19.4. The minimum Gasteiger partial charge on any atom is -0.484 e. The fraction of sp³-hybridized carbons (Fsp3) is 0.130. The number of amides is 2. The van der Waals surface area contributed by atoms with Gasteiger partial charge in [-0.1, -0.05) is 54.6 Å². The van der Waals surface area contributed by atoms with Crippen molar-refractivity contribution in [3.63, 3.8) is 0 Å². The second-order valence-corrected chi connectivity index (χ2v) is 6.56. The maximum absolute atomic E-state index is 12.7. The lowest BCUT2D eigenvalue weighted by Crippen LogP contribution is -2.45. The van der Waals surface area contributed by atoms with E-state index < -0.39 is 30.2 Å². The summed E-state index contributed by atoms with van der Waals surface area (Å²) in [6.07, 6.45) is -4.52. The van der Waals surface area contributed by atoms with Gasteiger partial charge >= 0.3 is 6.18 Å².